The van der Waals surface area contributed by atoms with Gasteiger partial charge in [0.15, 0.2) is 0 Å². The van der Waals surface area contributed by atoms with Crippen LogP contribution in [0.4, 0.5) is 17.6 Å². The first-order valence-corrected chi connectivity index (χ1v) is 9.70. The van der Waals surface area contributed by atoms with E-state index in [-0.39, 0.29) is 26.2 Å². The summed E-state index contributed by atoms with van der Waals surface area (Å²) in [6.45, 7) is -0.586. The lowest BCUT2D eigenvalue weighted by Crippen LogP contribution is -2.61. The second-order valence-electron chi connectivity index (χ2n) is 7.64. The van der Waals surface area contributed by atoms with E-state index < -0.39 is 23.7 Å². The first-order chi connectivity index (χ1) is 14.2. The third-order valence-electron chi connectivity index (χ3n) is 5.77. The number of hydrogen-bond donors (Lipinski definition) is 0. The van der Waals surface area contributed by atoms with Crippen LogP contribution in [0.3, 0.4) is 0 Å². The number of alkyl halides is 4. The number of hydrogen-bond acceptors (Lipinski definition) is 2. The average Bonchev–Trinajstić information content (AvgIpc) is 2.77. The zero-order valence-electron chi connectivity index (χ0n) is 16.1. The molecule has 0 N–H and O–H groups in total. The van der Waals surface area contributed by atoms with E-state index in [1.54, 1.807) is 36.4 Å². The maximum absolute atomic E-state index is 14.7. The lowest BCUT2D eigenvalue weighted by molar-refractivity contribution is -0.224. The smallest absolute Gasteiger partial charge is 0.333 e. The topological polar surface area (TPSA) is 40.6 Å². The normalized spacial score (nSPS) is 16.7. The molecule has 0 saturated carbocycles. The third kappa shape index (κ3) is 3.34. The Morgan fingerprint density at radius 3 is 1.33 bits per heavy atom. The van der Waals surface area contributed by atoms with E-state index in [0.717, 1.165) is 11.1 Å². The molecule has 4 rings (SSSR count). The Morgan fingerprint density at radius 1 is 0.633 bits per heavy atom. The standard InChI is InChI=1S/C22H20F4N2O2/c23-21(24,19(29)27-11-9-15-5-1-3-7-17(15)13-27)22(25,26)20(30)28-12-10-16-6-2-4-8-18(16)14-28/h1-8H,9-14H2. The van der Waals surface area contributed by atoms with Crippen LogP contribution in [0.2, 0.25) is 0 Å². The summed E-state index contributed by atoms with van der Waals surface area (Å²) in [5.41, 5.74) is 3.05. The molecule has 158 valence electrons. The van der Waals surface area contributed by atoms with Gasteiger partial charge in [0, 0.05) is 26.2 Å². The fourth-order valence-corrected chi connectivity index (χ4v) is 4.00. The van der Waals surface area contributed by atoms with Gasteiger partial charge in [-0.15, -0.1) is 0 Å². The highest BCUT2D eigenvalue weighted by Gasteiger charge is 2.68. The summed E-state index contributed by atoms with van der Waals surface area (Å²) >= 11 is 0. The van der Waals surface area contributed by atoms with Gasteiger partial charge in [0.05, 0.1) is 0 Å². The molecule has 2 aromatic rings. The number of rotatable bonds is 3. The number of nitrogens with zero attached hydrogens (tertiary/aromatic N) is 2. The van der Waals surface area contributed by atoms with Crippen LogP contribution >= 0.6 is 0 Å². The van der Waals surface area contributed by atoms with Crippen molar-refractivity contribution in [2.45, 2.75) is 37.8 Å². The minimum atomic E-state index is -5.13. The molecule has 2 aliphatic heterocycles. The first-order valence-electron chi connectivity index (χ1n) is 9.70. The molecule has 2 amide bonds. The second-order valence-corrected chi connectivity index (χ2v) is 7.64. The zero-order valence-corrected chi connectivity index (χ0v) is 16.1. The van der Waals surface area contributed by atoms with Gasteiger partial charge in [-0.3, -0.25) is 9.59 Å². The van der Waals surface area contributed by atoms with Crippen LogP contribution in [0.25, 0.3) is 0 Å². The molecular weight excluding hydrogens is 400 g/mol. The van der Waals surface area contributed by atoms with Gasteiger partial charge in [-0.2, -0.15) is 17.6 Å². The molecule has 0 radical (unpaired) electrons. The van der Waals surface area contributed by atoms with Crippen LogP contribution in [-0.2, 0) is 35.5 Å². The molecule has 0 bridgehead atoms. The van der Waals surface area contributed by atoms with Crippen LogP contribution in [0, 0.1) is 0 Å². The fraction of sp³-hybridized carbons (Fsp3) is 0.364. The first kappa shape index (κ1) is 20.4. The Kier molecular flexibility index (Phi) is 5.03. The van der Waals surface area contributed by atoms with Crippen molar-refractivity contribution < 1.29 is 27.2 Å². The number of amides is 2. The number of benzene rings is 2. The minimum Gasteiger partial charge on any atom is -0.333 e. The summed E-state index contributed by atoms with van der Waals surface area (Å²) in [6, 6.07) is 13.9. The highest BCUT2D eigenvalue weighted by Crippen LogP contribution is 2.39. The van der Waals surface area contributed by atoms with Gasteiger partial charge < -0.3 is 9.80 Å². The van der Waals surface area contributed by atoms with Gasteiger partial charge in [-0.05, 0) is 35.1 Å². The number of carbonyl (C=O) groups excluding carboxylic acids is 2. The van der Waals surface area contributed by atoms with Crippen molar-refractivity contribution in [3.05, 3.63) is 70.8 Å². The van der Waals surface area contributed by atoms with Crippen molar-refractivity contribution in [1.82, 2.24) is 9.80 Å². The molecule has 8 heteroatoms. The molecule has 0 fully saturated rings. The molecule has 0 unspecified atom stereocenters. The van der Waals surface area contributed by atoms with Crippen LogP contribution < -0.4 is 0 Å². The molecule has 0 atom stereocenters. The minimum absolute atomic E-state index is 0.104. The van der Waals surface area contributed by atoms with E-state index >= 15 is 0 Å². The molecule has 2 aliphatic rings. The van der Waals surface area contributed by atoms with Crippen molar-refractivity contribution >= 4 is 11.8 Å². The largest absolute Gasteiger partial charge is 0.395 e. The van der Waals surface area contributed by atoms with Crippen LogP contribution in [0.1, 0.15) is 22.3 Å². The molecule has 0 aliphatic carbocycles. The maximum atomic E-state index is 14.7. The molecular formula is C22H20F4N2O2. The Balaban J connectivity index is 1.52. The fourth-order valence-electron chi connectivity index (χ4n) is 4.00. The van der Waals surface area contributed by atoms with Crippen LogP contribution in [0.5, 0.6) is 0 Å². The zero-order chi connectivity index (χ0) is 21.5. The lowest BCUT2D eigenvalue weighted by atomic mass is 9.97. The van der Waals surface area contributed by atoms with Gasteiger partial charge in [-0.1, -0.05) is 48.5 Å². The van der Waals surface area contributed by atoms with Crippen molar-refractivity contribution in [2.24, 2.45) is 0 Å². The van der Waals surface area contributed by atoms with Crippen molar-refractivity contribution in [3.63, 3.8) is 0 Å². The molecule has 0 aromatic heterocycles. The monoisotopic (exact) mass is 420 g/mol. The summed E-state index contributed by atoms with van der Waals surface area (Å²) in [4.78, 5) is 26.2. The van der Waals surface area contributed by atoms with Gasteiger partial charge in [0.1, 0.15) is 0 Å². The maximum Gasteiger partial charge on any atom is 0.395 e. The molecule has 2 aromatic carbocycles. The average molecular weight is 420 g/mol. The Hall–Kier alpha value is -2.90. The van der Waals surface area contributed by atoms with Gasteiger partial charge >= 0.3 is 23.7 Å². The number of carbonyl (C=O) groups is 2. The molecule has 4 nitrogen and oxygen atoms in total. The lowest BCUT2D eigenvalue weighted by Gasteiger charge is -2.36. The predicted molar refractivity (Wildman–Crippen MR) is 101 cm³/mol. The van der Waals surface area contributed by atoms with Crippen molar-refractivity contribution in [3.8, 4) is 0 Å². The van der Waals surface area contributed by atoms with E-state index in [2.05, 4.69) is 0 Å². The van der Waals surface area contributed by atoms with Crippen molar-refractivity contribution in [1.29, 1.82) is 0 Å². The highest BCUT2D eigenvalue weighted by atomic mass is 19.3. The summed E-state index contributed by atoms with van der Waals surface area (Å²) in [5.74, 6) is -14.3. The van der Waals surface area contributed by atoms with E-state index in [9.17, 15) is 27.2 Å². The molecule has 0 spiro atoms. The summed E-state index contributed by atoms with van der Waals surface area (Å²) < 4.78 is 58.7. The molecule has 0 saturated heterocycles. The number of fused-ring (bicyclic) bond motifs is 2. The molecule has 2 heterocycles. The van der Waals surface area contributed by atoms with Gasteiger partial charge in [0.2, 0.25) is 0 Å². The van der Waals surface area contributed by atoms with Crippen LogP contribution in [0.15, 0.2) is 48.5 Å². The van der Waals surface area contributed by atoms with Gasteiger partial charge in [0.25, 0.3) is 0 Å². The second kappa shape index (κ2) is 7.41. The Morgan fingerprint density at radius 2 is 0.967 bits per heavy atom. The number of halogens is 4. The molecule has 30 heavy (non-hydrogen) atoms. The highest BCUT2D eigenvalue weighted by molar-refractivity contribution is 5.95. The Labute approximate surface area is 171 Å². The van der Waals surface area contributed by atoms with E-state index in [1.807, 2.05) is 12.1 Å². The van der Waals surface area contributed by atoms with E-state index in [1.165, 1.54) is 0 Å². The van der Waals surface area contributed by atoms with Crippen molar-refractivity contribution in [2.75, 3.05) is 13.1 Å². The van der Waals surface area contributed by atoms with Crippen LogP contribution in [-0.4, -0.2) is 46.5 Å². The summed E-state index contributed by atoms with van der Waals surface area (Å²) in [7, 11) is 0. The summed E-state index contributed by atoms with van der Waals surface area (Å²) in [5, 5.41) is 0. The third-order valence-corrected chi connectivity index (χ3v) is 5.77. The quantitative estimate of drug-likeness (QED) is 0.714. The van der Waals surface area contributed by atoms with E-state index in [4.69, 9.17) is 0 Å². The SMILES string of the molecule is O=C(N1CCc2ccccc2C1)C(F)(F)C(F)(F)C(=O)N1CCc2ccccc2C1. The van der Waals surface area contributed by atoms with E-state index in [0.29, 0.717) is 33.8 Å². The summed E-state index contributed by atoms with van der Waals surface area (Å²) in [6.07, 6.45) is 0.584. The Bertz CT molecular complexity index is 913. The predicted octanol–water partition coefficient (Wildman–Crippen LogP) is 3.43. The van der Waals surface area contributed by atoms with Gasteiger partial charge in [-0.25, -0.2) is 0 Å².